The van der Waals surface area contributed by atoms with E-state index >= 15 is 0 Å². The maximum Gasteiger partial charge on any atom is 0.0734 e. The van der Waals surface area contributed by atoms with Gasteiger partial charge >= 0.3 is 0 Å². The van der Waals surface area contributed by atoms with Gasteiger partial charge in [-0.15, -0.1) is 0 Å². The van der Waals surface area contributed by atoms with E-state index in [4.69, 9.17) is 10.1 Å². The monoisotopic (exact) mass is 336 g/mol. The smallest absolute Gasteiger partial charge is 0.0734 e. The highest BCUT2D eigenvalue weighted by Crippen LogP contribution is 2.34. The molecule has 0 spiro atoms. The Bertz CT molecular complexity index is 826. The molecule has 4 heteroatoms. The summed E-state index contributed by atoms with van der Waals surface area (Å²) in [6.07, 6.45) is 4.04. The van der Waals surface area contributed by atoms with Crippen molar-refractivity contribution in [3.63, 3.8) is 0 Å². The number of thiophene rings is 1. The van der Waals surface area contributed by atoms with Crippen LogP contribution in [0.4, 0.5) is 11.4 Å². The fourth-order valence-electron chi connectivity index (χ4n) is 3.25. The molecule has 1 aromatic carbocycles. The number of aromatic nitrogens is 1. The highest BCUT2D eigenvalue weighted by molar-refractivity contribution is 7.08. The molecule has 0 radical (unpaired) electrons. The van der Waals surface area contributed by atoms with Crippen molar-refractivity contribution in [3.8, 4) is 11.3 Å². The number of hydrogen-bond donors (Lipinski definition) is 2. The van der Waals surface area contributed by atoms with Gasteiger partial charge in [0.2, 0.25) is 0 Å². The fourth-order valence-corrected chi connectivity index (χ4v) is 3.90. The summed E-state index contributed by atoms with van der Waals surface area (Å²) in [4.78, 5) is 4.88. The minimum Gasteiger partial charge on any atom is -0.396 e. The Morgan fingerprint density at radius 2 is 2.00 bits per heavy atom. The molecule has 24 heavy (non-hydrogen) atoms. The van der Waals surface area contributed by atoms with Crippen LogP contribution < -0.4 is 5.32 Å². The van der Waals surface area contributed by atoms with E-state index in [1.807, 2.05) is 0 Å². The van der Waals surface area contributed by atoms with Crippen LogP contribution in [0.25, 0.3) is 11.3 Å². The molecule has 2 heterocycles. The van der Waals surface area contributed by atoms with Crippen molar-refractivity contribution in [1.82, 2.24) is 4.98 Å². The number of aryl methyl sites for hydroxylation is 1. The zero-order valence-corrected chi connectivity index (χ0v) is 14.3. The quantitative estimate of drug-likeness (QED) is 0.717. The van der Waals surface area contributed by atoms with Crippen LogP contribution in [0, 0.1) is 0 Å². The third-order valence-electron chi connectivity index (χ3n) is 4.50. The van der Waals surface area contributed by atoms with E-state index in [9.17, 15) is 0 Å². The number of anilines is 2. The number of hydrogen-bond acceptors (Lipinski definition) is 4. The van der Waals surface area contributed by atoms with E-state index in [1.165, 1.54) is 28.9 Å². The summed E-state index contributed by atoms with van der Waals surface area (Å²) < 4.78 is 0. The van der Waals surface area contributed by atoms with Gasteiger partial charge in [0.05, 0.1) is 5.69 Å². The molecule has 0 amide bonds. The first kappa shape index (κ1) is 15.4. The topological polar surface area (TPSA) is 45.1 Å². The first-order valence-corrected chi connectivity index (χ1v) is 9.30. The second-order valence-corrected chi connectivity index (χ2v) is 6.92. The minimum absolute atomic E-state index is 0.189. The highest BCUT2D eigenvalue weighted by atomic mass is 32.1. The van der Waals surface area contributed by atoms with Crippen molar-refractivity contribution in [3.05, 3.63) is 64.0 Å². The number of nitrogens with zero attached hydrogens (tertiary/aromatic N) is 1. The summed E-state index contributed by atoms with van der Waals surface area (Å²) in [6, 6.07) is 12.6. The van der Waals surface area contributed by atoms with Crippen LogP contribution in [-0.2, 0) is 19.3 Å². The van der Waals surface area contributed by atoms with Crippen LogP contribution in [0.1, 0.15) is 23.2 Å². The van der Waals surface area contributed by atoms with Gasteiger partial charge in [0.15, 0.2) is 0 Å². The lowest BCUT2D eigenvalue weighted by atomic mass is 10.1. The highest BCUT2D eigenvalue weighted by Gasteiger charge is 2.18. The molecule has 3 nitrogen and oxygen atoms in total. The molecular formula is C20H20N2OS. The summed E-state index contributed by atoms with van der Waals surface area (Å²) in [7, 11) is 0. The average molecular weight is 336 g/mol. The Kier molecular flexibility index (Phi) is 4.32. The average Bonchev–Trinajstić information content (AvgIpc) is 3.28. The number of aliphatic hydroxyl groups is 1. The predicted octanol–water partition coefficient (Wildman–Crippen LogP) is 4.58. The molecule has 2 aromatic heterocycles. The van der Waals surface area contributed by atoms with Crippen molar-refractivity contribution in [2.24, 2.45) is 0 Å². The van der Waals surface area contributed by atoms with E-state index in [1.54, 1.807) is 11.3 Å². The van der Waals surface area contributed by atoms with Gasteiger partial charge in [0, 0.05) is 34.6 Å². The van der Waals surface area contributed by atoms with Gasteiger partial charge in [0.1, 0.15) is 0 Å². The molecule has 1 aliphatic rings. The number of benzene rings is 1. The molecule has 0 aliphatic heterocycles. The van der Waals surface area contributed by atoms with Gasteiger partial charge in [-0.05, 0) is 66.5 Å². The lowest BCUT2D eigenvalue weighted by molar-refractivity contribution is 0.299. The summed E-state index contributed by atoms with van der Waals surface area (Å²) in [5.41, 5.74) is 8.24. The number of fused-ring (bicyclic) bond motifs is 1. The predicted molar refractivity (Wildman–Crippen MR) is 100 cm³/mol. The van der Waals surface area contributed by atoms with Gasteiger partial charge in [-0.2, -0.15) is 11.3 Å². The second-order valence-electron chi connectivity index (χ2n) is 6.14. The fraction of sp³-hybridized carbons (Fsp3) is 0.250. The number of aliphatic hydroxyl groups excluding tert-OH is 1. The standard InChI is InChI=1S/C20H20N2OS/c23-10-8-14-4-6-16(7-5-14)21-20-12-19(15-9-11-24-13-15)22-18-3-1-2-17(18)20/h4-7,9,11-13,23H,1-3,8,10H2,(H,21,22). The zero-order chi connectivity index (χ0) is 16.4. The van der Waals surface area contributed by atoms with Crippen molar-refractivity contribution in [2.75, 3.05) is 11.9 Å². The Morgan fingerprint density at radius 1 is 1.12 bits per heavy atom. The van der Waals surface area contributed by atoms with Crippen molar-refractivity contribution in [1.29, 1.82) is 0 Å². The zero-order valence-electron chi connectivity index (χ0n) is 13.5. The van der Waals surface area contributed by atoms with Crippen molar-refractivity contribution < 1.29 is 5.11 Å². The molecule has 3 aromatic rings. The largest absolute Gasteiger partial charge is 0.396 e. The molecule has 0 fully saturated rings. The van der Waals surface area contributed by atoms with Crippen LogP contribution >= 0.6 is 11.3 Å². The molecule has 122 valence electrons. The van der Waals surface area contributed by atoms with Crippen molar-refractivity contribution >= 4 is 22.7 Å². The van der Waals surface area contributed by atoms with E-state index in [0.29, 0.717) is 6.42 Å². The first-order valence-electron chi connectivity index (χ1n) is 8.35. The molecule has 0 unspecified atom stereocenters. The molecule has 0 bridgehead atoms. The van der Waals surface area contributed by atoms with Crippen LogP contribution in [0.3, 0.4) is 0 Å². The third kappa shape index (κ3) is 3.07. The lowest BCUT2D eigenvalue weighted by Crippen LogP contribution is -2.00. The second kappa shape index (κ2) is 6.75. The maximum atomic E-state index is 9.03. The summed E-state index contributed by atoms with van der Waals surface area (Å²) in [6.45, 7) is 0.189. The molecule has 1 aliphatic carbocycles. The van der Waals surface area contributed by atoms with Crippen molar-refractivity contribution in [2.45, 2.75) is 25.7 Å². The normalized spacial score (nSPS) is 13.0. The Labute approximate surface area is 146 Å². The van der Waals surface area contributed by atoms with Gasteiger partial charge in [-0.3, -0.25) is 4.98 Å². The maximum absolute atomic E-state index is 9.03. The van der Waals surface area contributed by atoms with Gasteiger partial charge in [-0.1, -0.05) is 12.1 Å². The Balaban J connectivity index is 1.67. The van der Waals surface area contributed by atoms with Crippen LogP contribution in [-0.4, -0.2) is 16.7 Å². The van der Waals surface area contributed by atoms with Gasteiger partial charge < -0.3 is 10.4 Å². The summed E-state index contributed by atoms with van der Waals surface area (Å²) in [5, 5.41) is 16.9. The third-order valence-corrected chi connectivity index (χ3v) is 5.18. The molecule has 2 N–H and O–H groups in total. The molecule has 0 saturated carbocycles. The van der Waals surface area contributed by atoms with Crippen LogP contribution in [0.15, 0.2) is 47.2 Å². The molecule has 0 atom stereocenters. The van der Waals surface area contributed by atoms with E-state index in [0.717, 1.165) is 29.8 Å². The van der Waals surface area contributed by atoms with E-state index in [2.05, 4.69) is 52.5 Å². The van der Waals surface area contributed by atoms with E-state index in [-0.39, 0.29) is 6.61 Å². The molecular weight excluding hydrogens is 316 g/mol. The number of nitrogens with one attached hydrogen (secondary N) is 1. The number of pyridine rings is 1. The minimum atomic E-state index is 0.189. The SMILES string of the molecule is OCCc1ccc(Nc2cc(-c3ccsc3)nc3c2CCC3)cc1. The van der Waals surface area contributed by atoms with Gasteiger partial charge in [0.25, 0.3) is 0 Å². The summed E-state index contributed by atoms with van der Waals surface area (Å²) in [5.74, 6) is 0. The molecule has 4 rings (SSSR count). The first-order chi connectivity index (χ1) is 11.8. The number of rotatable bonds is 5. The molecule has 0 saturated heterocycles. The lowest BCUT2D eigenvalue weighted by Gasteiger charge is -2.13. The van der Waals surface area contributed by atoms with Crippen LogP contribution in [0.2, 0.25) is 0 Å². The van der Waals surface area contributed by atoms with E-state index < -0.39 is 0 Å². The summed E-state index contributed by atoms with van der Waals surface area (Å²) >= 11 is 1.70. The van der Waals surface area contributed by atoms with Crippen LogP contribution in [0.5, 0.6) is 0 Å². The Hall–Kier alpha value is -2.17. The Morgan fingerprint density at radius 3 is 2.75 bits per heavy atom. The van der Waals surface area contributed by atoms with Gasteiger partial charge in [-0.25, -0.2) is 0 Å².